The van der Waals surface area contributed by atoms with E-state index in [1.807, 2.05) is 0 Å². The lowest BCUT2D eigenvalue weighted by atomic mass is 9.86. The molecule has 1 saturated heterocycles. The minimum absolute atomic E-state index is 0.135. The average molecular weight is 304 g/mol. The first-order valence-corrected chi connectivity index (χ1v) is 8.60. The number of hydrogen-bond acceptors (Lipinski definition) is 3. The Balaban J connectivity index is 1.69. The fourth-order valence-electron chi connectivity index (χ4n) is 2.90. The van der Waals surface area contributed by atoms with Crippen molar-refractivity contribution < 1.29 is 4.74 Å². The summed E-state index contributed by atoms with van der Waals surface area (Å²) in [6.07, 6.45) is 2.35. The molecule has 2 rings (SSSR count). The van der Waals surface area contributed by atoms with E-state index in [-0.39, 0.29) is 5.41 Å². The summed E-state index contributed by atoms with van der Waals surface area (Å²) in [6.45, 7) is 13.6. The van der Waals surface area contributed by atoms with Gasteiger partial charge in [-0.1, -0.05) is 39.0 Å². The molecule has 0 radical (unpaired) electrons. The van der Waals surface area contributed by atoms with Crippen molar-refractivity contribution in [1.29, 1.82) is 0 Å². The quantitative estimate of drug-likeness (QED) is 0.749. The molecule has 1 aliphatic heterocycles. The highest BCUT2D eigenvalue weighted by atomic mass is 16.5. The Morgan fingerprint density at radius 1 is 1.00 bits per heavy atom. The van der Waals surface area contributed by atoms with Crippen molar-refractivity contribution in [3.8, 4) is 5.75 Å². The highest BCUT2D eigenvalue weighted by Gasteiger charge is 2.18. The first-order valence-electron chi connectivity index (χ1n) is 8.60. The molecule has 0 N–H and O–H groups in total. The third-order valence-electron chi connectivity index (χ3n) is 4.42. The summed E-state index contributed by atoms with van der Waals surface area (Å²) >= 11 is 0. The van der Waals surface area contributed by atoms with Crippen molar-refractivity contribution in [2.24, 2.45) is 0 Å². The zero-order valence-electron chi connectivity index (χ0n) is 14.8. The Morgan fingerprint density at radius 3 is 2.36 bits per heavy atom. The molecule has 3 nitrogen and oxygen atoms in total. The van der Waals surface area contributed by atoms with Crippen molar-refractivity contribution in [3.05, 3.63) is 29.8 Å². The second-order valence-corrected chi connectivity index (χ2v) is 7.45. The minimum Gasteiger partial charge on any atom is -0.493 e. The summed E-state index contributed by atoms with van der Waals surface area (Å²) in [5, 5.41) is 0. The third-order valence-corrected chi connectivity index (χ3v) is 4.42. The van der Waals surface area contributed by atoms with Gasteiger partial charge in [0.05, 0.1) is 6.61 Å². The van der Waals surface area contributed by atoms with Crippen LogP contribution in [0, 0.1) is 0 Å². The van der Waals surface area contributed by atoms with E-state index < -0.39 is 0 Å². The lowest BCUT2D eigenvalue weighted by molar-refractivity contribution is 0.149. The fourth-order valence-corrected chi connectivity index (χ4v) is 2.90. The molecule has 1 aromatic rings. The molecule has 1 heterocycles. The lowest BCUT2D eigenvalue weighted by Gasteiger charge is -2.32. The summed E-state index contributed by atoms with van der Waals surface area (Å²) in [6, 6.07) is 8.44. The van der Waals surface area contributed by atoms with Crippen molar-refractivity contribution in [1.82, 2.24) is 9.80 Å². The van der Waals surface area contributed by atoms with Gasteiger partial charge in [0, 0.05) is 26.2 Å². The van der Waals surface area contributed by atoms with E-state index in [2.05, 4.69) is 61.9 Å². The third kappa shape index (κ3) is 5.29. The predicted octanol–water partition coefficient (Wildman–Crippen LogP) is 3.39. The van der Waals surface area contributed by atoms with Crippen LogP contribution in [-0.4, -0.2) is 56.2 Å². The van der Waals surface area contributed by atoms with Gasteiger partial charge in [0.25, 0.3) is 0 Å². The summed E-state index contributed by atoms with van der Waals surface area (Å²) in [4.78, 5) is 4.98. The second kappa shape index (κ2) is 7.98. The summed E-state index contributed by atoms with van der Waals surface area (Å²) in [5.74, 6) is 1.05. The molecule has 0 atom stereocenters. The lowest BCUT2D eigenvalue weighted by Crippen LogP contribution is -2.44. The van der Waals surface area contributed by atoms with Crippen LogP contribution >= 0.6 is 0 Å². The molecule has 0 saturated carbocycles. The summed E-state index contributed by atoms with van der Waals surface area (Å²) in [5.41, 5.74) is 1.44. The molecule has 0 bridgehead atoms. The summed E-state index contributed by atoms with van der Waals surface area (Å²) < 4.78 is 6.04. The maximum atomic E-state index is 6.04. The number of para-hydroxylation sites is 1. The largest absolute Gasteiger partial charge is 0.493 e. The number of rotatable bonds is 6. The van der Waals surface area contributed by atoms with Gasteiger partial charge in [-0.3, -0.25) is 0 Å². The van der Waals surface area contributed by atoms with E-state index in [9.17, 15) is 0 Å². The Labute approximate surface area is 136 Å². The van der Waals surface area contributed by atoms with Crippen LogP contribution in [0.15, 0.2) is 24.3 Å². The zero-order valence-corrected chi connectivity index (χ0v) is 14.8. The van der Waals surface area contributed by atoms with E-state index in [0.717, 1.165) is 18.8 Å². The maximum Gasteiger partial charge on any atom is 0.123 e. The van der Waals surface area contributed by atoms with Gasteiger partial charge < -0.3 is 14.5 Å². The minimum atomic E-state index is 0.135. The molecule has 3 heteroatoms. The van der Waals surface area contributed by atoms with Gasteiger partial charge in [0.15, 0.2) is 0 Å². The number of hydrogen-bond donors (Lipinski definition) is 0. The fraction of sp³-hybridized carbons (Fsp3) is 0.684. The van der Waals surface area contributed by atoms with E-state index in [0.29, 0.717) is 0 Å². The standard InChI is InChI=1S/C19H32N2O/c1-19(2,3)17-9-5-6-10-18(17)22-16-8-7-11-21-14-12-20(4)13-15-21/h5-6,9-10H,7-8,11-16H2,1-4H3. The van der Waals surface area contributed by atoms with Crippen LogP contribution in [0.3, 0.4) is 0 Å². The van der Waals surface area contributed by atoms with Crippen LogP contribution in [0.25, 0.3) is 0 Å². The van der Waals surface area contributed by atoms with E-state index >= 15 is 0 Å². The Hall–Kier alpha value is -1.06. The Kier molecular flexibility index (Phi) is 6.27. The van der Waals surface area contributed by atoms with E-state index in [4.69, 9.17) is 4.74 Å². The van der Waals surface area contributed by atoms with Crippen molar-refractivity contribution in [2.45, 2.75) is 39.0 Å². The van der Waals surface area contributed by atoms with Crippen LogP contribution in [0.5, 0.6) is 5.75 Å². The van der Waals surface area contributed by atoms with Gasteiger partial charge in [0.1, 0.15) is 5.75 Å². The number of ether oxygens (including phenoxy) is 1. The van der Waals surface area contributed by atoms with Crippen molar-refractivity contribution in [3.63, 3.8) is 0 Å². The van der Waals surface area contributed by atoms with Gasteiger partial charge in [-0.15, -0.1) is 0 Å². The molecule has 1 aliphatic rings. The van der Waals surface area contributed by atoms with Crippen LogP contribution in [0.2, 0.25) is 0 Å². The Morgan fingerprint density at radius 2 is 1.68 bits per heavy atom. The van der Waals surface area contributed by atoms with E-state index in [1.165, 1.54) is 44.7 Å². The number of unbranched alkanes of at least 4 members (excludes halogenated alkanes) is 1. The normalized spacial score (nSPS) is 17.6. The molecule has 0 aromatic heterocycles. The first-order chi connectivity index (χ1) is 10.5. The van der Waals surface area contributed by atoms with Gasteiger partial charge in [-0.05, 0) is 43.5 Å². The molecule has 124 valence electrons. The zero-order chi connectivity index (χ0) is 16.0. The second-order valence-electron chi connectivity index (χ2n) is 7.45. The topological polar surface area (TPSA) is 15.7 Å². The molecule has 0 spiro atoms. The van der Waals surface area contributed by atoms with Gasteiger partial charge >= 0.3 is 0 Å². The van der Waals surface area contributed by atoms with Crippen molar-refractivity contribution >= 4 is 0 Å². The highest BCUT2D eigenvalue weighted by Crippen LogP contribution is 2.30. The Bertz CT molecular complexity index is 445. The van der Waals surface area contributed by atoms with Crippen LogP contribution < -0.4 is 4.74 Å². The molecular formula is C19H32N2O. The molecule has 0 unspecified atom stereocenters. The van der Waals surface area contributed by atoms with Gasteiger partial charge in [-0.25, -0.2) is 0 Å². The predicted molar refractivity (Wildman–Crippen MR) is 93.8 cm³/mol. The maximum absolute atomic E-state index is 6.04. The van der Waals surface area contributed by atoms with Crippen LogP contribution in [0.4, 0.5) is 0 Å². The van der Waals surface area contributed by atoms with E-state index in [1.54, 1.807) is 0 Å². The molecule has 1 fully saturated rings. The molecule has 0 aliphatic carbocycles. The highest BCUT2D eigenvalue weighted by molar-refractivity contribution is 5.38. The number of nitrogens with zero attached hydrogens (tertiary/aromatic N) is 2. The van der Waals surface area contributed by atoms with Crippen LogP contribution in [0.1, 0.15) is 39.2 Å². The van der Waals surface area contributed by atoms with Gasteiger partial charge in [0.2, 0.25) is 0 Å². The number of benzene rings is 1. The monoisotopic (exact) mass is 304 g/mol. The number of likely N-dealkylation sites (N-methyl/N-ethyl adjacent to an activating group) is 1. The summed E-state index contributed by atoms with van der Waals surface area (Å²) in [7, 11) is 2.21. The SMILES string of the molecule is CN1CCN(CCCCOc2ccccc2C(C)(C)C)CC1. The average Bonchev–Trinajstić information content (AvgIpc) is 2.48. The number of piperazine rings is 1. The molecule has 1 aromatic carbocycles. The molecular weight excluding hydrogens is 272 g/mol. The molecule has 0 amide bonds. The first kappa shape index (κ1) is 17.3. The van der Waals surface area contributed by atoms with Crippen LogP contribution in [-0.2, 0) is 5.41 Å². The van der Waals surface area contributed by atoms with Crippen molar-refractivity contribution in [2.75, 3.05) is 46.4 Å². The van der Waals surface area contributed by atoms with Gasteiger partial charge in [-0.2, -0.15) is 0 Å². The smallest absolute Gasteiger partial charge is 0.123 e. The molecule has 22 heavy (non-hydrogen) atoms.